The summed E-state index contributed by atoms with van der Waals surface area (Å²) in [5.74, 6) is -1.45. The molecule has 6 heteroatoms. The number of hydrogen-bond acceptors (Lipinski definition) is 4. The van der Waals surface area contributed by atoms with Crippen LogP contribution in [0.2, 0.25) is 0 Å². The number of rotatable bonds is 5. The van der Waals surface area contributed by atoms with Crippen LogP contribution in [0.1, 0.15) is 31.1 Å². The van der Waals surface area contributed by atoms with E-state index in [0.717, 1.165) is 6.07 Å². The molecule has 1 amide bonds. The maximum Gasteiger partial charge on any atom is 0.325 e. The molecule has 0 aromatic heterocycles. The minimum Gasteiger partial charge on any atom is -0.465 e. The molecule has 0 fully saturated rings. The van der Waals surface area contributed by atoms with E-state index >= 15 is 0 Å². The molecule has 0 aliphatic carbocycles. The van der Waals surface area contributed by atoms with Gasteiger partial charge in [0.1, 0.15) is 12.4 Å². The third-order valence-electron chi connectivity index (χ3n) is 2.73. The van der Waals surface area contributed by atoms with Crippen molar-refractivity contribution in [3.8, 4) is 0 Å². The monoisotopic (exact) mass is 282 g/mol. The van der Waals surface area contributed by atoms with Gasteiger partial charge in [-0.15, -0.1) is 0 Å². The number of carbonyl (C=O) groups is 2. The molecular weight excluding hydrogens is 263 g/mol. The van der Waals surface area contributed by atoms with Crippen LogP contribution >= 0.6 is 0 Å². The zero-order valence-electron chi connectivity index (χ0n) is 11.9. The van der Waals surface area contributed by atoms with Crippen molar-refractivity contribution < 1.29 is 18.7 Å². The molecule has 1 aromatic carbocycles. The highest BCUT2D eigenvalue weighted by molar-refractivity contribution is 5.96. The summed E-state index contributed by atoms with van der Waals surface area (Å²) >= 11 is 0. The smallest absolute Gasteiger partial charge is 0.325 e. The second-order valence-corrected chi connectivity index (χ2v) is 4.57. The SMILES string of the molecule is CCOC(=O)CN(C(=O)c1ccc(F)c(N)c1)C(C)C. The van der Waals surface area contributed by atoms with E-state index in [0.29, 0.717) is 0 Å². The minimum atomic E-state index is -0.581. The number of nitrogen functional groups attached to an aromatic ring is 1. The standard InChI is InChI=1S/C14H19FN2O3/c1-4-20-13(18)8-17(9(2)3)14(19)10-5-6-11(15)12(16)7-10/h5-7,9H,4,8,16H2,1-3H3. The van der Waals surface area contributed by atoms with Crippen LogP contribution < -0.4 is 5.73 Å². The Bertz CT molecular complexity index is 503. The van der Waals surface area contributed by atoms with Gasteiger partial charge in [0.25, 0.3) is 5.91 Å². The fourth-order valence-electron chi connectivity index (χ4n) is 1.68. The highest BCUT2D eigenvalue weighted by atomic mass is 19.1. The van der Waals surface area contributed by atoms with Crippen LogP contribution in [0, 0.1) is 5.82 Å². The van der Waals surface area contributed by atoms with Crippen molar-refractivity contribution in [1.82, 2.24) is 4.90 Å². The summed E-state index contributed by atoms with van der Waals surface area (Å²) in [7, 11) is 0. The summed E-state index contributed by atoms with van der Waals surface area (Å²) in [6.45, 7) is 5.36. The fourth-order valence-corrected chi connectivity index (χ4v) is 1.68. The van der Waals surface area contributed by atoms with E-state index in [1.165, 1.54) is 17.0 Å². The topological polar surface area (TPSA) is 72.6 Å². The van der Waals surface area contributed by atoms with E-state index in [2.05, 4.69) is 0 Å². The summed E-state index contributed by atoms with van der Waals surface area (Å²) in [6, 6.07) is 3.54. The number of hydrogen-bond donors (Lipinski definition) is 1. The Balaban J connectivity index is 2.93. The van der Waals surface area contributed by atoms with Crippen molar-refractivity contribution in [1.29, 1.82) is 0 Å². The lowest BCUT2D eigenvalue weighted by molar-refractivity contribution is -0.144. The number of halogens is 1. The normalized spacial score (nSPS) is 10.4. The first-order valence-corrected chi connectivity index (χ1v) is 6.38. The van der Waals surface area contributed by atoms with Crippen LogP contribution in [0.25, 0.3) is 0 Å². The molecule has 0 saturated heterocycles. The molecule has 110 valence electrons. The third kappa shape index (κ3) is 3.94. The van der Waals surface area contributed by atoms with Gasteiger partial charge in [-0.3, -0.25) is 9.59 Å². The van der Waals surface area contributed by atoms with E-state index in [1.807, 2.05) is 0 Å². The predicted octanol–water partition coefficient (Wildman–Crippen LogP) is 1.82. The second kappa shape index (κ2) is 6.88. The molecule has 5 nitrogen and oxygen atoms in total. The maximum absolute atomic E-state index is 13.1. The van der Waals surface area contributed by atoms with Crippen molar-refractivity contribution in [3.63, 3.8) is 0 Å². The number of nitrogens with two attached hydrogens (primary N) is 1. The van der Waals surface area contributed by atoms with E-state index in [1.54, 1.807) is 20.8 Å². The Morgan fingerprint density at radius 1 is 1.40 bits per heavy atom. The first kappa shape index (κ1) is 15.9. The quantitative estimate of drug-likeness (QED) is 0.660. The van der Waals surface area contributed by atoms with E-state index < -0.39 is 11.8 Å². The van der Waals surface area contributed by atoms with Crippen molar-refractivity contribution in [2.45, 2.75) is 26.8 Å². The molecule has 0 aliphatic rings. The Labute approximate surface area is 117 Å². The fraction of sp³-hybridized carbons (Fsp3) is 0.429. The summed E-state index contributed by atoms with van der Waals surface area (Å²) in [4.78, 5) is 25.2. The lowest BCUT2D eigenvalue weighted by Gasteiger charge is -2.25. The van der Waals surface area contributed by atoms with Crippen molar-refractivity contribution >= 4 is 17.6 Å². The Hall–Kier alpha value is -2.11. The van der Waals surface area contributed by atoms with Gasteiger partial charge < -0.3 is 15.4 Å². The zero-order chi connectivity index (χ0) is 15.3. The average molecular weight is 282 g/mol. The van der Waals surface area contributed by atoms with Gasteiger partial charge in [0, 0.05) is 11.6 Å². The lowest BCUT2D eigenvalue weighted by atomic mass is 10.1. The molecule has 20 heavy (non-hydrogen) atoms. The van der Waals surface area contributed by atoms with E-state index in [4.69, 9.17) is 10.5 Å². The van der Waals surface area contributed by atoms with Gasteiger partial charge in [-0.2, -0.15) is 0 Å². The minimum absolute atomic E-state index is 0.101. The summed E-state index contributed by atoms with van der Waals surface area (Å²) in [6.07, 6.45) is 0. The van der Waals surface area contributed by atoms with Crippen LogP contribution in [-0.2, 0) is 9.53 Å². The van der Waals surface area contributed by atoms with Crippen molar-refractivity contribution in [2.24, 2.45) is 0 Å². The summed E-state index contributed by atoms with van der Waals surface area (Å²) < 4.78 is 17.9. The number of benzene rings is 1. The molecular formula is C14H19FN2O3. The van der Waals surface area contributed by atoms with Crippen LogP contribution in [0.15, 0.2) is 18.2 Å². The molecule has 1 rings (SSSR count). The highest BCUT2D eigenvalue weighted by Crippen LogP contribution is 2.15. The summed E-state index contributed by atoms with van der Waals surface area (Å²) in [5, 5.41) is 0. The van der Waals surface area contributed by atoms with Gasteiger partial charge in [-0.05, 0) is 39.0 Å². The number of esters is 1. The van der Waals surface area contributed by atoms with Gasteiger partial charge in [0.05, 0.1) is 12.3 Å². The molecule has 0 saturated carbocycles. The Morgan fingerprint density at radius 3 is 2.55 bits per heavy atom. The molecule has 0 spiro atoms. The van der Waals surface area contributed by atoms with Crippen LogP contribution in [0.3, 0.4) is 0 Å². The number of anilines is 1. The highest BCUT2D eigenvalue weighted by Gasteiger charge is 2.22. The van der Waals surface area contributed by atoms with Gasteiger partial charge in [0.15, 0.2) is 0 Å². The largest absolute Gasteiger partial charge is 0.465 e. The van der Waals surface area contributed by atoms with Crippen molar-refractivity contribution in [2.75, 3.05) is 18.9 Å². The zero-order valence-corrected chi connectivity index (χ0v) is 11.9. The van der Waals surface area contributed by atoms with Gasteiger partial charge >= 0.3 is 5.97 Å². The molecule has 1 aromatic rings. The number of amides is 1. The average Bonchev–Trinajstić information content (AvgIpc) is 2.38. The Kier molecular flexibility index (Phi) is 5.49. The molecule has 0 aliphatic heterocycles. The summed E-state index contributed by atoms with van der Waals surface area (Å²) in [5.41, 5.74) is 5.58. The molecule has 0 heterocycles. The molecule has 0 atom stereocenters. The van der Waals surface area contributed by atoms with Crippen LogP contribution in [0.5, 0.6) is 0 Å². The molecule has 0 unspecified atom stereocenters. The van der Waals surface area contributed by atoms with E-state index in [-0.39, 0.29) is 36.4 Å². The van der Waals surface area contributed by atoms with E-state index in [9.17, 15) is 14.0 Å². The lowest BCUT2D eigenvalue weighted by Crippen LogP contribution is -2.41. The first-order valence-electron chi connectivity index (χ1n) is 6.38. The predicted molar refractivity (Wildman–Crippen MR) is 73.6 cm³/mol. The van der Waals surface area contributed by atoms with Gasteiger partial charge in [-0.25, -0.2) is 4.39 Å². The maximum atomic E-state index is 13.1. The van der Waals surface area contributed by atoms with Crippen LogP contribution in [0.4, 0.5) is 10.1 Å². The molecule has 0 bridgehead atoms. The Morgan fingerprint density at radius 2 is 2.05 bits per heavy atom. The molecule has 0 radical (unpaired) electrons. The number of nitrogens with zero attached hydrogens (tertiary/aromatic N) is 1. The first-order chi connectivity index (χ1) is 9.36. The molecule has 2 N–H and O–H groups in total. The van der Waals surface area contributed by atoms with Gasteiger partial charge in [-0.1, -0.05) is 0 Å². The van der Waals surface area contributed by atoms with Crippen LogP contribution in [-0.4, -0.2) is 36.0 Å². The number of ether oxygens (including phenoxy) is 1. The number of carbonyl (C=O) groups excluding carboxylic acids is 2. The third-order valence-corrected chi connectivity index (χ3v) is 2.73. The second-order valence-electron chi connectivity index (χ2n) is 4.57. The van der Waals surface area contributed by atoms with Crippen molar-refractivity contribution in [3.05, 3.63) is 29.6 Å². The van der Waals surface area contributed by atoms with Gasteiger partial charge in [0.2, 0.25) is 0 Å².